The number of aliphatic hydroxyl groups is 4. The number of esters is 1. The number of ether oxygens (including phenoxy) is 10. The van der Waals surface area contributed by atoms with Gasteiger partial charge in [0.15, 0.2) is 18.9 Å². The maximum Gasteiger partial charge on any atom is 0.308 e. The van der Waals surface area contributed by atoms with Gasteiger partial charge >= 0.3 is 5.97 Å². The van der Waals surface area contributed by atoms with Gasteiger partial charge in [0.2, 0.25) is 0 Å². The Balaban J connectivity index is 1.69. The Morgan fingerprint density at radius 2 is 1.53 bits per heavy atom. The zero-order valence-corrected chi connectivity index (χ0v) is 37.0. The van der Waals surface area contributed by atoms with Gasteiger partial charge in [0, 0.05) is 46.7 Å². The van der Waals surface area contributed by atoms with Crippen molar-refractivity contribution >= 4 is 11.7 Å². The molecule has 59 heavy (non-hydrogen) atoms. The highest BCUT2D eigenvalue weighted by Gasteiger charge is 2.59. The predicted octanol–water partition coefficient (Wildman–Crippen LogP) is 1.68. The average molecular weight is 851 g/mol. The van der Waals surface area contributed by atoms with Crippen LogP contribution in [0.4, 0.5) is 0 Å². The van der Waals surface area contributed by atoms with Gasteiger partial charge in [0.1, 0.15) is 30.5 Å². The zero-order chi connectivity index (χ0) is 43.9. The molecule has 0 bridgehead atoms. The van der Waals surface area contributed by atoms with Gasteiger partial charge in [-0.3, -0.25) is 4.79 Å². The third-order valence-electron chi connectivity index (χ3n) is 13.2. The molecule has 0 radical (unpaired) electrons. The van der Waals surface area contributed by atoms with Crippen molar-refractivity contribution in [1.82, 2.24) is 4.90 Å². The summed E-state index contributed by atoms with van der Waals surface area (Å²) in [7, 11) is 9.50. The first kappa shape index (κ1) is 50.0. The normalized spacial score (nSPS) is 45.1. The molecule has 4 saturated heterocycles. The van der Waals surface area contributed by atoms with E-state index in [-0.39, 0.29) is 25.4 Å². The van der Waals surface area contributed by atoms with E-state index in [0.29, 0.717) is 31.4 Å². The fourth-order valence-electron chi connectivity index (χ4n) is 9.32. The minimum Gasteiger partial charge on any atom is -0.462 e. The molecule has 5 N–H and O–H groups in total. The first-order chi connectivity index (χ1) is 27.9. The number of hydrogen-bond acceptors (Lipinski definition) is 18. The summed E-state index contributed by atoms with van der Waals surface area (Å²) >= 11 is 0. The molecule has 0 aliphatic carbocycles. The van der Waals surface area contributed by atoms with Crippen molar-refractivity contribution in [3.05, 3.63) is 0 Å². The number of aliphatic hydroxyl groups excluding tert-OH is 4. The van der Waals surface area contributed by atoms with Crippen molar-refractivity contribution in [2.75, 3.05) is 49.1 Å². The lowest BCUT2D eigenvalue weighted by Crippen LogP contribution is -2.63. The number of carbonyl (C=O) groups is 1. The van der Waals surface area contributed by atoms with E-state index in [1.807, 2.05) is 20.8 Å². The third-order valence-corrected chi connectivity index (χ3v) is 13.2. The molecule has 4 rings (SSSR count). The second-order valence-corrected chi connectivity index (χ2v) is 17.4. The van der Waals surface area contributed by atoms with Crippen LogP contribution in [-0.2, 0) is 52.2 Å². The fraction of sp³-hybridized carbons (Fsp3) is 0.951. The number of epoxide rings is 1. The number of carbonyl (C=O) groups excluding carboxylic acids is 1. The summed E-state index contributed by atoms with van der Waals surface area (Å²) in [5.41, 5.74) is -0.167. The maximum absolute atomic E-state index is 13.9. The molecule has 0 aromatic heterocycles. The van der Waals surface area contributed by atoms with Gasteiger partial charge in [0.05, 0.1) is 67.0 Å². The lowest BCUT2D eigenvalue weighted by Gasteiger charge is -2.47. The van der Waals surface area contributed by atoms with E-state index in [1.165, 1.54) is 28.4 Å². The number of nitrogens with zero attached hydrogens (tertiary/aromatic N) is 2. The summed E-state index contributed by atoms with van der Waals surface area (Å²) < 4.78 is 60.2. The van der Waals surface area contributed by atoms with Crippen LogP contribution in [0.1, 0.15) is 80.1 Å². The van der Waals surface area contributed by atoms with Crippen molar-refractivity contribution in [2.24, 2.45) is 28.8 Å². The lowest BCUT2D eigenvalue weighted by molar-refractivity contribution is -0.306. The summed E-state index contributed by atoms with van der Waals surface area (Å²) in [6, 6.07) is -0.722. The van der Waals surface area contributed by atoms with Crippen molar-refractivity contribution in [1.29, 1.82) is 0 Å². The minimum atomic E-state index is -1.28. The van der Waals surface area contributed by atoms with Gasteiger partial charge in [-0.15, -0.1) is 0 Å². The number of cyclic esters (lactones) is 1. The Hall–Kier alpha value is -1.62. The van der Waals surface area contributed by atoms with Crippen LogP contribution >= 0.6 is 0 Å². The Bertz CT molecular complexity index is 1330. The summed E-state index contributed by atoms with van der Waals surface area (Å²) in [4.78, 5) is 15.6. The Labute approximate surface area is 349 Å². The van der Waals surface area contributed by atoms with Crippen LogP contribution in [0.15, 0.2) is 5.16 Å². The second-order valence-electron chi connectivity index (χ2n) is 17.4. The summed E-state index contributed by atoms with van der Waals surface area (Å²) in [5, 5.41) is 59.2. The van der Waals surface area contributed by atoms with Crippen LogP contribution in [0.5, 0.6) is 0 Å². The van der Waals surface area contributed by atoms with Gasteiger partial charge < -0.3 is 77.9 Å². The molecule has 0 amide bonds. The van der Waals surface area contributed by atoms with E-state index < -0.39 is 121 Å². The largest absolute Gasteiger partial charge is 0.462 e. The quantitative estimate of drug-likeness (QED) is 0.0584. The molecule has 4 aliphatic rings. The number of methoxy groups -OCH3 is 4. The number of likely N-dealkylation sites (N-methyl/N-ethyl adjacent to an activating group) is 1. The number of hydrogen-bond donors (Lipinski definition) is 5. The van der Waals surface area contributed by atoms with Crippen LogP contribution < -0.4 is 0 Å². The van der Waals surface area contributed by atoms with Gasteiger partial charge in [-0.2, -0.15) is 0 Å². The molecule has 0 unspecified atom stereocenters. The summed E-state index contributed by atoms with van der Waals surface area (Å²) in [6.45, 7) is 11.0. The summed E-state index contributed by atoms with van der Waals surface area (Å²) in [5.74, 6) is -2.65. The van der Waals surface area contributed by atoms with Crippen LogP contribution in [0.3, 0.4) is 0 Å². The average Bonchev–Trinajstić information content (AvgIpc) is 3.87. The molecule has 4 heterocycles. The van der Waals surface area contributed by atoms with E-state index in [4.69, 9.17) is 47.4 Å². The number of rotatable bonds is 13. The van der Waals surface area contributed by atoms with Crippen LogP contribution in [-0.4, -0.2) is 189 Å². The predicted molar refractivity (Wildman–Crippen MR) is 211 cm³/mol. The molecule has 0 aromatic carbocycles. The van der Waals surface area contributed by atoms with Crippen LogP contribution in [0.25, 0.3) is 0 Å². The smallest absolute Gasteiger partial charge is 0.308 e. The highest BCUT2D eigenvalue weighted by Crippen LogP contribution is 2.48. The molecule has 19 atom stereocenters. The monoisotopic (exact) mass is 851 g/mol. The fourth-order valence-corrected chi connectivity index (χ4v) is 9.32. The maximum atomic E-state index is 13.9. The molecule has 0 spiro atoms. The van der Waals surface area contributed by atoms with Crippen molar-refractivity contribution in [3.8, 4) is 0 Å². The molecule has 4 aliphatic heterocycles. The minimum absolute atomic E-state index is 0.0364. The van der Waals surface area contributed by atoms with E-state index >= 15 is 0 Å². The van der Waals surface area contributed by atoms with E-state index in [0.717, 1.165) is 0 Å². The zero-order valence-electron chi connectivity index (χ0n) is 37.0. The van der Waals surface area contributed by atoms with Crippen molar-refractivity contribution < 1.29 is 77.8 Å². The first-order valence-electron chi connectivity index (χ1n) is 21.1. The molecule has 0 aromatic rings. The molecular formula is C41H74N2O16. The molecule has 18 heteroatoms. The Kier molecular flexibility index (Phi) is 18.8. The highest BCUT2D eigenvalue weighted by atomic mass is 16.7. The van der Waals surface area contributed by atoms with E-state index in [1.54, 1.807) is 39.8 Å². The Morgan fingerprint density at radius 3 is 2.10 bits per heavy atom. The molecule has 18 nitrogen and oxygen atoms in total. The molecular weight excluding hydrogens is 776 g/mol. The highest BCUT2D eigenvalue weighted by molar-refractivity contribution is 5.86. The van der Waals surface area contributed by atoms with Gasteiger partial charge in [-0.1, -0.05) is 25.9 Å². The summed E-state index contributed by atoms with van der Waals surface area (Å²) in [6.07, 6.45) is -10.6. The SMILES string of the molecule is CC[C@H]1OC(=O)C[C@H](O)[C@H](C)[C@@H](O[C@@H]2O[C@H](C)[C@@H](O)[C@H](N(C)C)[C@H]2O)[C@@H](CC(OC)OC)C[C@@H](C)/C(=N/O)CC[C@@]2(C)O[C@@H]2[C@@H]1CO[C@@H]1O[C@H](C)[C@@H](O)[C@@H](OC)[C@H]1OC. The van der Waals surface area contributed by atoms with Crippen LogP contribution in [0, 0.1) is 23.7 Å². The first-order valence-corrected chi connectivity index (χ1v) is 21.1. The van der Waals surface area contributed by atoms with E-state index in [2.05, 4.69) is 5.16 Å². The van der Waals surface area contributed by atoms with Crippen molar-refractivity contribution in [2.45, 2.75) is 178 Å². The van der Waals surface area contributed by atoms with Crippen molar-refractivity contribution in [3.63, 3.8) is 0 Å². The molecule has 4 fully saturated rings. The van der Waals surface area contributed by atoms with Crippen LogP contribution in [0.2, 0.25) is 0 Å². The van der Waals surface area contributed by atoms with Gasteiger partial charge in [-0.05, 0) is 72.4 Å². The topological polar surface area (TPSA) is 229 Å². The molecule has 0 saturated carbocycles. The lowest BCUT2D eigenvalue weighted by atomic mass is 9.78. The standard InChI is InChI=1S/C41H74N2O16/c1-13-28-25(19-54-40-37(53-12)36(52-11)33(47)23(5)56-40)38-41(6,59-38)15-14-26(42-49)20(2)16-24(17-30(50-9)51-10)35(21(3)27(44)18-29(45)57-28)58-39-34(48)31(43(7)8)32(46)22(4)55-39/h20-25,27-28,30-40,44,46-49H,13-19H2,1-12H3/b42-26+/t20-,21+,22-,23-,24-,25-,27+,28-,31+,32-,33-,34-,35-,36-,37-,38-,39+,40-,41-/m1/s1. The van der Waals surface area contributed by atoms with Gasteiger partial charge in [-0.25, -0.2) is 0 Å². The Morgan fingerprint density at radius 1 is 0.898 bits per heavy atom. The van der Waals surface area contributed by atoms with Gasteiger partial charge in [0.25, 0.3) is 0 Å². The number of oxime groups is 1. The second kappa shape index (κ2) is 22.1. The molecule has 344 valence electrons. The number of fused-ring (bicyclic) bond motifs is 1. The third kappa shape index (κ3) is 11.9. The van der Waals surface area contributed by atoms with E-state index in [9.17, 15) is 30.4 Å².